The molecular weight excluding hydrogens is 275 g/mol. The Morgan fingerprint density at radius 3 is 3.00 bits per heavy atom. The fraction of sp³-hybridized carbons (Fsp3) is 0.600. The molecule has 0 spiro atoms. The summed E-state index contributed by atoms with van der Waals surface area (Å²) in [5, 5.41) is 0. The number of nitrogens with one attached hydrogen (secondary N) is 1. The van der Waals surface area contributed by atoms with Gasteiger partial charge in [0, 0.05) is 11.8 Å². The monoisotopic (exact) mass is 290 g/mol. The molecule has 1 aliphatic rings. The van der Waals surface area contributed by atoms with Crippen molar-refractivity contribution in [1.29, 1.82) is 0 Å². The molecule has 0 amide bonds. The van der Waals surface area contributed by atoms with Gasteiger partial charge in [-0.05, 0) is 19.8 Å². The number of aryl methyl sites for hydroxylation is 1. The van der Waals surface area contributed by atoms with Crippen LogP contribution in [0.2, 0.25) is 0 Å². The van der Waals surface area contributed by atoms with Crippen LogP contribution in [0.5, 0.6) is 0 Å². The van der Waals surface area contributed by atoms with Crippen molar-refractivity contribution in [3.8, 4) is 0 Å². The molecule has 0 bridgehead atoms. The smallest absolute Gasteiger partial charge is 0.330 e. The van der Waals surface area contributed by atoms with Crippen LogP contribution in [0.25, 0.3) is 0 Å². The average Bonchev–Trinajstić information content (AvgIpc) is 2.80. The van der Waals surface area contributed by atoms with E-state index >= 15 is 0 Å². The molecule has 2 heterocycles. The molecule has 1 aromatic heterocycles. The van der Waals surface area contributed by atoms with Crippen LogP contribution in [0, 0.1) is 6.92 Å². The van der Waals surface area contributed by atoms with Crippen LogP contribution < -0.4 is 11.2 Å². The fourth-order valence-electron chi connectivity index (χ4n) is 1.98. The predicted octanol–water partition coefficient (Wildman–Crippen LogP) is -0.0788. The number of aromatic amines is 1. The molecule has 3 atom stereocenters. The second kappa shape index (κ2) is 5.83. The number of aromatic nitrogens is 2. The van der Waals surface area contributed by atoms with Crippen molar-refractivity contribution in [3.63, 3.8) is 0 Å². The summed E-state index contributed by atoms with van der Waals surface area (Å²) in [6.07, 6.45) is 1.82. The first-order chi connectivity index (χ1) is 8.97. The zero-order chi connectivity index (χ0) is 14.0. The van der Waals surface area contributed by atoms with Gasteiger partial charge in [0.05, 0.1) is 12.7 Å². The molecule has 1 fully saturated rings. The van der Waals surface area contributed by atoms with Gasteiger partial charge in [-0.2, -0.15) is 0 Å². The topological polar surface area (TPSA) is 111 Å². The summed E-state index contributed by atoms with van der Waals surface area (Å²) in [6.45, 7) is 1.62. The van der Waals surface area contributed by atoms with Gasteiger partial charge < -0.3 is 14.2 Å². The zero-order valence-corrected chi connectivity index (χ0v) is 11.3. The average molecular weight is 290 g/mol. The molecule has 0 saturated carbocycles. The molecule has 2 rings (SSSR count). The van der Waals surface area contributed by atoms with Gasteiger partial charge in [0.25, 0.3) is 5.56 Å². The number of H-pyrrole nitrogens is 1. The summed E-state index contributed by atoms with van der Waals surface area (Å²) in [5.41, 5.74) is -0.528. The Morgan fingerprint density at radius 1 is 1.58 bits per heavy atom. The van der Waals surface area contributed by atoms with Crippen LogP contribution in [-0.4, -0.2) is 27.2 Å². The van der Waals surface area contributed by atoms with Gasteiger partial charge in [-0.1, -0.05) is 0 Å². The molecule has 1 saturated heterocycles. The van der Waals surface area contributed by atoms with E-state index in [-0.39, 0.29) is 12.7 Å². The number of ether oxygens (including phenoxy) is 1. The van der Waals surface area contributed by atoms with Gasteiger partial charge >= 0.3 is 13.9 Å². The van der Waals surface area contributed by atoms with Crippen molar-refractivity contribution in [2.75, 3.05) is 6.61 Å². The molecule has 2 N–H and O–H groups in total. The highest BCUT2D eigenvalue weighted by Gasteiger charge is 2.28. The maximum Gasteiger partial charge on any atom is 0.330 e. The number of nitrogens with zero attached hydrogens (tertiary/aromatic N) is 1. The van der Waals surface area contributed by atoms with Gasteiger partial charge in [-0.15, -0.1) is 0 Å². The molecular formula is C10H15N2O6P. The minimum Gasteiger partial charge on any atom is -0.352 e. The molecule has 8 nitrogen and oxygen atoms in total. The quantitative estimate of drug-likeness (QED) is 0.750. The summed E-state index contributed by atoms with van der Waals surface area (Å²) in [4.78, 5) is 33.7. The molecule has 0 aromatic carbocycles. The standard InChI is InChI=1S/C10H15N2O6P/c1-6-4-12(10(14)11-9(6)13)8-3-2-7(18-8)5-17-19(15)16/h4,7-8,19H,2-3,5H2,1H3,(H,15,16)(H,11,13,14)/t7-,8+/m0/s1. The van der Waals surface area contributed by atoms with Gasteiger partial charge in [0.15, 0.2) is 0 Å². The van der Waals surface area contributed by atoms with Gasteiger partial charge in [0.2, 0.25) is 0 Å². The summed E-state index contributed by atoms with van der Waals surface area (Å²) >= 11 is 0. The van der Waals surface area contributed by atoms with Crippen molar-refractivity contribution in [3.05, 3.63) is 32.6 Å². The molecule has 0 aliphatic carbocycles. The molecule has 1 unspecified atom stereocenters. The first-order valence-electron chi connectivity index (χ1n) is 5.80. The normalized spacial score (nSPS) is 24.5. The van der Waals surface area contributed by atoms with Crippen molar-refractivity contribution >= 4 is 8.25 Å². The summed E-state index contributed by atoms with van der Waals surface area (Å²) in [7, 11) is -2.97. The third kappa shape index (κ3) is 3.42. The first-order valence-corrected chi connectivity index (χ1v) is 7.07. The maximum atomic E-state index is 11.7. The lowest BCUT2D eigenvalue weighted by Gasteiger charge is -2.15. The van der Waals surface area contributed by atoms with E-state index < -0.39 is 25.7 Å². The molecule has 106 valence electrons. The molecule has 0 radical (unpaired) electrons. The highest BCUT2D eigenvalue weighted by atomic mass is 31.1. The first kappa shape index (κ1) is 14.2. The van der Waals surface area contributed by atoms with Crippen LogP contribution in [0.4, 0.5) is 0 Å². The van der Waals surface area contributed by atoms with E-state index in [2.05, 4.69) is 9.51 Å². The Morgan fingerprint density at radius 2 is 2.32 bits per heavy atom. The second-order valence-corrected chi connectivity index (χ2v) is 5.17. The van der Waals surface area contributed by atoms with Crippen LogP contribution in [0.1, 0.15) is 24.6 Å². The van der Waals surface area contributed by atoms with Crippen molar-refractivity contribution in [1.82, 2.24) is 9.55 Å². The van der Waals surface area contributed by atoms with E-state index in [0.29, 0.717) is 18.4 Å². The van der Waals surface area contributed by atoms with Crippen LogP contribution in [0.3, 0.4) is 0 Å². The molecule has 9 heteroatoms. The van der Waals surface area contributed by atoms with Crippen LogP contribution in [0.15, 0.2) is 15.8 Å². The van der Waals surface area contributed by atoms with Gasteiger partial charge in [-0.3, -0.25) is 18.9 Å². The van der Waals surface area contributed by atoms with E-state index in [1.807, 2.05) is 0 Å². The van der Waals surface area contributed by atoms with Crippen molar-refractivity contribution in [2.45, 2.75) is 32.1 Å². The van der Waals surface area contributed by atoms with E-state index in [0.717, 1.165) is 0 Å². The highest BCUT2D eigenvalue weighted by molar-refractivity contribution is 7.32. The summed E-state index contributed by atoms with van der Waals surface area (Å²) in [5.74, 6) is 0. The van der Waals surface area contributed by atoms with Gasteiger partial charge in [-0.25, -0.2) is 4.79 Å². The van der Waals surface area contributed by atoms with E-state index in [9.17, 15) is 14.2 Å². The maximum absolute atomic E-state index is 11.7. The lowest BCUT2D eigenvalue weighted by molar-refractivity contribution is -0.0204. The van der Waals surface area contributed by atoms with E-state index in [1.54, 1.807) is 6.92 Å². The Kier molecular flexibility index (Phi) is 4.36. The third-order valence-corrected chi connectivity index (χ3v) is 3.35. The zero-order valence-electron chi connectivity index (χ0n) is 10.3. The molecule has 1 aliphatic heterocycles. The van der Waals surface area contributed by atoms with Crippen LogP contribution >= 0.6 is 8.25 Å². The summed E-state index contributed by atoms with van der Waals surface area (Å²) < 4.78 is 21.9. The van der Waals surface area contributed by atoms with Gasteiger partial charge in [0.1, 0.15) is 6.23 Å². The summed E-state index contributed by atoms with van der Waals surface area (Å²) in [6, 6.07) is 0. The second-order valence-electron chi connectivity index (χ2n) is 4.35. The predicted molar refractivity (Wildman–Crippen MR) is 66.4 cm³/mol. The Bertz CT molecular complexity index is 594. The lowest BCUT2D eigenvalue weighted by Crippen LogP contribution is -2.33. The molecule has 1 aromatic rings. The number of hydrogen-bond acceptors (Lipinski definition) is 5. The number of hydrogen-bond donors (Lipinski definition) is 2. The van der Waals surface area contributed by atoms with Crippen LogP contribution in [-0.2, 0) is 13.8 Å². The Labute approximate surface area is 108 Å². The molecule has 19 heavy (non-hydrogen) atoms. The Balaban J connectivity index is 2.09. The van der Waals surface area contributed by atoms with E-state index in [1.165, 1.54) is 10.8 Å². The van der Waals surface area contributed by atoms with E-state index in [4.69, 9.17) is 9.63 Å². The number of rotatable bonds is 4. The lowest BCUT2D eigenvalue weighted by atomic mass is 10.2. The van der Waals surface area contributed by atoms with Crippen molar-refractivity contribution in [2.24, 2.45) is 0 Å². The largest absolute Gasteiger partial charge is 0.352 e. The SMILES string of the molecule is Cc1cn([C@H]2CC[C@@H](CO[PH](=O)O)O2)c(=O)[nH]c1=O. The highest BCUT2D eigenvalue weighted by Crippen LogP contribution is 2.28. The third-order valence-electron chi connectivity index (χ3n) is 2.93. The Hall–Kier alpha value is -1.21. The fourth-order valence-corrected chi connectivity index (χ4v) is 2.31. The van der Waals surface area contributed by atoms with Crippen molar-refractivity contribution < 1.29 is 18.7 Å². The minimum absolute atomic E-state index is 0.0158. The minimum atomic E-state index is -2.97.